The minimum atomic E-state index is -4.49. The van der Waals surface area contributed by atoms with Gasteiger partial charge in [0.1, 0.15) is 0 Å². The van der Waals surface area contributed by atoms with Crippen LogP contribution in [0.15, 0.2) is 54.7 Å². The number of piperidine rings is 1. The Morgan fingerprint density at radius 3 is 2.71 bits per heavy atom. The zero-order valence-electron chi connectivity index (χ0n) is 16.9. The van der Waals surface area contributed by atoms with Crippen molar-refractivity contribution >= 4 is 22.6 Å². The van der Waals surface area contributed by atoms with E-state index in [1.165, 1.54) is 12.1 Å². The first-order valence-corrected chi connectivity index (χ1v) is 10.4. The molecule has 2 aromatic carbocycles. The molecule has 1 unspecified atom stereocenters. The number of benzene rings is 2. The number of alkyl halides is 3. The highest BCUT2D eigenvalue weighted by molar-refractivity contribution is 5.98. The van der Waals surface area contributed by atoms with Gasteiger partial charge >= 0.3 is 6.18 Å². The number of ketones is 1. The summed E-state index contributed by atoms with van der Waals surface area (Å²) in [6, 6.07) is 12.4. The van der Waals surface area contributed by atoms with Gasteiger partial charge in [-0.2, -0.15) is 13.2 Å². The van der Waals surface area contributed by atoms with Crippen LogP contribution in [0.2, 0.25) is 0 Å². The first-order chi connectivity index (χ1) is 14.8. The monoisotopic (exact) mass is 428 g/mol. The van der Waals surface area contributed by atoms with E-state index in [9.17, 15) is 22.8 Å². The van der Waals surface area contributed by atoms with E-state index in [-0.39, 0.29) is 23.8 Å². The number of fused-ring (bicyclic) bond motifs is 1. The van der Waals surface area contributed by atoms with Crippen LogP contribution < -0.4 is 0 Å². The Kier molecular flexibility index (Phi) is 5.85. The molecule has 0 saturated carbocycles. The summed E-state index contributed by atoms with van der Waals surface area (Å²) < 4.78 is 38.9. The molecule has 0 radical (unpaired) electrons. The molecule has 1 saturated heterocycles. The second-order valence-electron chi connectivity index (χ2n) is 7.98. The van der Waals surface area contributed by atoms with Crippen molar-refractivity contribution in [3.8, 4) is 0 Å². The summed E-state index contributed by atoms with van der Waals surface area (Å²) in [6.07, 6.45) is -0.436. The highest BCUT2D eigenvalue weighted by Crippen LogP contribution is 2.31. The molecule has 1 aliphatic heterocycles. The van der Waals surface area contributed by atoms with E-state index in [0.29, 0.717) is 32.2 Å². The van der Waals surface area contributed by atoms with E-state index < -0.39 is 17.7 Å². The van der Waals surface area contributed by atoms with Crippen molar-refractivity contribution < 1.29 is 22.8 Å². The second kappa shape index (κ2) is 8.57. The van der Waals surface area contributed by atoms with Crippen molar-refractivity contribution in [2.45, 2.75) is 31.9 Å². The number of H-pyrrole nitrogens is 1. The third kappa shape index (κ3) is 4.65. The van der Waals surface area contributed by atoms with Crippen molar-refractivity contribution in [1.29, 1.82) is 0 Å². The number of aromatic amines is 1. The first kappa shape index (κ1) is 21.2. The number of hydrogen-bond acceptors (Lipinski definition) is 2. The number of Topliss-reactive ketones (excluding diaryl/α,β-unsaturated/α-hetero) is 1. The molecule has 162 valence electrons. The number of para-hydroxylation sites is 1. The topological polar surface area (TPSA) is 53.2 Å². The summed E-state index contributed by atoms with van der Waals surface area (Å²) in [7, 11) is 0. The van der Waals surface area contributed by atoms with Crippen molar-refractivity contribution in [1.82, 2.24) is 9.88 Å². The minimum absolute atomic E-state index is 0.0353. The molecule has 1 amide bonds. The zero-order valence-corrected chi connectivity index (χ0v) is 16.9. The molecule has 1 N–H and O–H groups in total. The van der Waals surface area contributed by atoms with Gasteiger partial charge in [-0.1, -0.05) is 30.3 Å². The maximum Gasteiger partial charge on any atom is 0.416 e. The lowest BCUT2D eigenvalue weighted by Gasteiger charge is -2.32. The summed E-state index contributed by atoms with van der Waals surface area (Å²) in [5.41, 5.74) is 1.31. The van der Waals surface area contributed by atoms with Gasteiger partial charge in [0, 0.05) is 48.1 Å². The molecule has 2 heterocycles. The molecule has 1 fully saturated rings. The fraction of sp³-hybridized carbons (Fsp3) is 0.333. The summed E-state index contributed by atoms with van der Waals surface area (Å²) >= 11 is 0. The number of nitrogens with one attached hydrogen (secondary N) is 1. The van der Waals surface area contributed by atoms with Crippen molar-refractivity contribution in [2.75, 3.05) is 13.1 Å². The highest BCUT2D eigenvalue weighted by Gasteiger charge is 2.33. The fourth-order valence-corrected chi connectivity index (χ4v) is 4.24. The van der Waals surface area contributed by atoms with E-state index in [2.05, 4.69) is 4.98 Å². The van der Waals surface area contributed by atoms with Crippen LogP contribution in [0.1, 0.15) is 40.7 Å². The normalized spacial score (nSPS) is 17.1. The quantitative estimate of drug-likeness (QED) is 0.565. The predicted octanol–water partition coefficient (Wildman–Crippen LogP) is 5.24. The Labute approximate surface area is 178 Å². The zero-order chi connectivity index (χ0) is 22.0. The number of rotatable bonds is 5. The van der Waals surface area contributed by atoms with Crippen LogP contribution >= 0.6 is 0 Å². The van der Waals surface area contributed by atoms with Crippen LogP contribution in [0.4, 0.5) is 13.2 Å². The minimum Gasteiger partial charge on any atom is -0.361 e. The lowest BCUT2D eigenvalue weighted by molar-refractivity contribution is -0.137. The number of nitrogens with zero attached hydrogens (tertiary/aromatic N) is 1. The SMILES string of the molecule is O=C(c1cccc(C(F)(F)F)c1)C1CCCN(C(=O)CCc2c[nH]c3ccccc23)C1. The smallest absolute Gasteiger partial charge is 0.361 e. The van der Waals surface area contributed by atoms with Gasteiger partial charge in [0.2, 0.25) is 5.91 Å². The van der Waals surface area contributed by atoms with E-state index >= 15 is 0 Å². The average molecular weight is 428 g/mol. The van der Waals surface area contributed by atoms with E-state index in [0.717, 1.165) is 28.6 Å². The molecule has 0 aliphatic carbocycles. The van der Waals surface area contributed by atoms with Gasteiger partial charge in [0.15, 0.2) is 5.78 Å². The molecule has 31 heavy (non-hydrogen) atoms. The van der Waals surface area contributed by atoms with Gasteiger partial charge in [-0.05, 0) is 43.0 Å². The van der Waals surface area contributed by atoms with Crippen molar-refractivity contribution in [2.24, 2.45) is 5.92 Å². The Balaban J connectivity index is 1.40. The third-order valence-corrected chi connectivity index (χ3v) is 5.90. The first-order valence-electron chi connectivity index (χ1n) is 10.4. The fourth-order valence-electron chi connectivity index (χ4n) is 4.24. The number of aromatic nitrogens is 1. The van der Waals surface area contributed by atoms with Gasteiger partial charge < -0.3 is 9.88 Å². The number of carbonyl (C=O) groups is 2. The van der Waals surface area contributed by atoms with Crippen LogP contribution in [0, 0.1) is 5.92 Å². The van der Waals surface area contributed by atoms with Crippen LogP contribution in [0.25, 0.3) is 10.9 Å². The van der Waals surface area contributed by atoms with Gasteiger partial charge in [-0.3, -0.25) is 9.59 Å². The molecule has 0 spiro atoms. The summed E-state index contributed by atoms with van der Waals surface area (Å²) in [5, 5.41) is 1.09. The molecule has 3 aromatic rings. The Bertz CT molecular complexity index is 1100. The average Bonchev–Trinajstić information content (AvgIpc) is 3.19. The Morgan fingerprint density at radius 2 is 1.90 bits per heavy atom. The van der Waals surface area contributed by atoms with Crippen molar-refractivity contribution in [3.05, 3.63) is 71.4 Å². The maximum absolute atomic E-state index is 13.0. The molecule has 1 aliphatic rings. The predicted molar refractivity (Wildman–Crippen MR) is 112 cm³/mol. The maximum atomic E-state index is 13.0. The molecular formula is C24H23F3N2O2. The highest BCUT2D eigenvalue weighted by atomic mass is 19.4. The molecule has 1 aromatic heterocycles. The van der Waals surface area contributed by atoms with Crippen LogP contribution in [0.3, 0.4) is 0 Å². The molecular weight excluding hydrogens is 405 g/mol. The van der Waals surface area contributed by atoms with Crippen molar-refractivity contribution in [3.63, 3.8) is 0 Å². The number of hydrogen-bond donors (Lipinski definition) is 1. The second-order valence-corrected chi connectivity index (χ2v) is 7.98. The van der Waals surface area contributed by atoms with Crippen LogP contribution in [-0.4, -0.2) is 34.7 Å². The van der Waals surface area contributed by atoms with Crippen LogP contribution in [0.5, 0.6) is 0 Å². The van der Waals surface area contributed by atoms with Gasteiger partial charge in [-0.15, -0.1) is 0 Å². The number of carbonyl (C=O) groups excluding carboxylic acids is 2. The third-order valence-electron chi connectivity index (χ3n) is 5.90. The molecule has 1 atom stereocenters. The summed E-state index contributed by atoms with van der Waals surface area (Å²) in [4.78, 5) is 30.5. The molecule has 0 bridgehead atoms. The Morgan fingerprint density at radius 1 is 1.10 bits per heavy atom. The summed E-state index contributed by atoms with van der Waals surface area (Å²) in [6.45, 7) is 0.820. The number of aryl methyl sites for hydroxylation is 1. The number of halogens is 3. The van der Waals surface area contributed by atoms with Crippen LogP contribution in [-0.2, 0) is 17.4 Å². The molecule has 4 rings (SSSR count). The molecule has 4 nitrogen and oxygen atoms in total. The lowest BCUT2D eigenvalue weighted by atomic mass is 9.89. The molecule has 7 heteroatoms. The summed E-state index contributed by atoms with van der Waals surface area (Å²) in [5.74, 6) is -0.846. The standard InChI is InChI=1S/C24H23F3N2O2/c25-24(26,27)19-7-3-5-16(13-19)23(31)18-6-4-12-29(15-18)22(30)11-10-17-14-28-21-9-2-1-8-20(17)21/h1-3,5,7-9,13-14,18,28H,4,6,10-12,15H2. The van der Waals surface area contributed by atoms with E-state index in [4.69, 9.17) is 0 Å². The van der Waals surface area contributed by atoms with Gasteiger partial charge in [0.05, 0.1) is 5.56 Å². The van der Waals surface area contributed by atoms with Gasteiger partial charge in [0.25, 0.3) is 0 Å². The lowest BCUT2D eigenvalue weighted by Crippen LogP contribution is -2.42. The largest absolute Gasteiger partial charge is 0.416 e. The number of amides is 1. The van der Waals surface area contributed by atoms with E-state index in [1.807, 2.05) is 30.5 Å². The number of likely N-dealkylation sites (tertiary alicyclic amines) is 1. The Hall–Kier alpha value is -3.09. The van der Waals surface area contributed by atoms with E-state index in [1.54, 1.807) is 4.90 Å². The van der Waals surface area contributed by atoms with Gasteiger partial charge in [-0.25, -0.2) is 0 Å².